The van der Waals surface area contributed by atoms with Crippen LogP contribution in [0, 0.1) is 11.3 Å². The highest BCUT2D eigenvalue weighted by atomic mass is 16.5. The standard InChI is InChI=1S/C11H18O3/c1-5-7(6-2)14-9-8(10(12)13)11(9,3)4/h5,8-9H,6H2,1-4H3,(H,12,13). The van der Waals surface area contributed by atoms with Crippen molar-refractivity contribution in [1.29, 1.82) is 0 Å². The van der Waals surface area contributed by atoms with E-state index in [4.69, 9.17) is 9.84 Å². The number of ether oxygens (including phenoxy) is 1. The SMILES string of the molecule is CC=C(CC)OC1C(C(=O)O)C1(C)C. The van der Waals surface area contributed by atoms with Gasteiger partial charge in [-0.15, -0.1) is 0 Å². The van der Waals surface area contributed by atoms with Crippen LogP contribution in [-0.4, -0.2) is 17.2 Å². The highest BCUT2D eigenvalue weighted by Gasteiger charge is 2.64. The van der Waals surface area contributed by atoms with E-state index in [0.717, 1.165) is 12.2 Å². The molecule has 0 amide bonds. The van der Waals surface area contributed by atoms with Gasteiger partial charge in [0.15, 0.2) is 0 Å². The Bertz CT molecular complexity index is 266. The number of hydrogen-bond acceptors (Lipinski definition) is 2. The quantitative estimate of drug-likeness (QED) is 0.706. The van der Waals surface area contributed by atoms with E-state index in [1.807, 2.05) is 33.8 Å². The van der Waals surface area contributed by atoms with E-state index in [0.29, 0.717) is 0 Å². The largest absolute Gasteiger partial charge is 0.494 e. The molecule has 0 bridgehead atoms. The molecule has 0 aromatic carbocycles. The van der Waals surface area contributed by atoms with Crippen LogP contribution < -0.4 is 0 Å². The fourth-order valence-electron chi connectivity index (χ4n) is 1.78. The zero-order valence-corrected chi connectivity index (χ0v) is 9.20. The minimum atomic E-state index is -0.758. The Labute approximate surface area is 84.8 Å². The monoisotopic (exact) mass is 198 g/mol. The summed E-state index contributed by atoms with van der Waals surface area (Å²) in [4.78, 5) is 10.8. The lowest BCUT2D eigenvalue weighted by atomic mass is 10.1. The van der Waals surface area contributed by atoms with Crippen LogP contribution in [0.1, 0.15) is 34.1 Å². The predicted molar refractivity (Wildman–Crippen MR) is 53.8 cm³/mol. The maximum atomic E-state index is 10.8. The highest BCUT2D eigenvalue weighted by molar-refractivity contribution is 5.76. The summed E-state index contributed by atoms with van der Waals surface area (Å²) >= 11 is 0. The molecule has 0 radical (unpaired) electrons. The number of allylic oxidation sites excluding steroid dienone is 2. The lowest BCUT2D eigenvalue weighted by Crippen LogP contribution is -2.05. The van der Waals surface area contributed by atoms with Crippen molar-refractivity contribution in [3.63, 3.8) is 0 Å². The summed E-state index contributed by atoms with van der Waals surface area (Å²) in [5.41, 5.74) is -0.227. The van der Waals surface area contributed by atoms with Crippen molar-refractivity contribution in [1.82, 2.24) is 0 Å². The van der Waals surface area contributed by atoms with Crippen LogP contribution in [0.25, 0.3) is 0 Å². The summed E-state index contributed by atoms with van der Waals surface area (Å²) in [6, 6.07) is 0. The molecule has 3 nitrogen and oxygen atoms in total. The molecule has 0 saturated heterocycles. The van der Waals surface area contributed by atoms with Crippen LogP contribution >= 0.6 is 0 Å². The van der Waals surface area contributed by atoms with Crippen molar-refractivity contribution in [3.05, 3.63) is 11.8 Å². The Morgan fingerprint density at radius 2 is 2.14 bits per heavy atom. The molecule has 0 spiro atoms. The third-order valence-corrected chi connectivity index (χ3v) is 2.94. The van der Waals surface area contributed by atoms with Crippen LogP contribution in [0.15, 0.2) is 11.8 Å². The van der Waals surface area contributed by atoms with E-state index in [-0.39, 0.29) is 17.4 Å². The van der Waals surface area contributed by atoms with Gasteiger partial charge in [-0.1, -0.05) is 20.8 Å². The Morgan fingerprint density at radius 1 is 1.57 bits per heavy atom. The van der Waals surface area contributed by atoms with Crippen molar-refractivity contribution in [3.8, 4) is 0 Å². The molecule has 0 aromatic heterocycles. The van der Waals surface area contributed by atoms with Crippen molar-refractivity contribution >= 4 is 5.97 Å². The van der Waals surface area contributed by atoms with Gasteiger partial charge < -0.3 is 9.84 Å². The first-order valence-electron chi connectivity index (χ1n) is 4.99. The maximum Gasteiger partial charge on any atom is 0.310 e. The van der Waals surface area contributed by atoms with Gasteiger partial charge in [-0.25, -0.2) is 0 Å². The number of carboxylic acid groups (broad SMARTS) is 1. The first-order chi connectivity index (χ1) is 6.45. The zero-order valence-electron chi connectivity index (χ0n) is 9.20. The Hall–Kier alpha value is -0.990. The van der Waals surface area contributed by atoms with Gasteiger partial charge in [0.05, 0.1) is 5.76 Å². The Morgan fingerprint density at radius 3 is 2.43 bits per heavy atom. The lowest BCUT2D eigenvalue weighted by Gasteiger charge is -2.08. The second-order valence-electron chi connectivity index (χ2n) is 4.28. The molecule has 1 aliphatic rings. The summed E-state index contributed by atoms with van der Waals surface area (Å²) < 4.78 is 5.63. The molecule has 80 valence electrons. The molecular formula is C11H18O3. The van der Waals surface area contributed by atoms with Crippen LogP contribution in [-0.2, 0) is 9.53 Å². The molecular weight excluding hydrogens is 180 g/mol. The second kappa shape index (κ2) is 3.64. The molecule has 0 aromatic rings. The molecule has 1 fully saturated rings. The zero-order chi connectivity index (χ0) is 10.9. The first kappa shape index (κ1) is 11.1. The number of rotatable bonds is 4. The third-order valence-electron chi connectivity index (χ3n) is 2.94. The summed E-state index contributed by atoms with van der Waals surface area (Å²) in [5.74, 6) is -0.234. The molecule has 1 rings (SSSR count). The average molecular weight is 198 g/mol. The van der Waals surface area contributed by atoms with E-state index in [2.05, 4.69) is 0 Å². The summed E-state index contributed by atoms with van der Waals surface area (Å²) in [6.45, 7) is 7.77. The molecule has 1 aliphatic carbocycles. The van der Waals surface area contributed by atoms with E-state index >= 15 is 0 Å². The van der Waals surface area contributed by atoms with Gasteiger partial charge in [0.2, 0.25) is 0 Å². The van der Waals surface area contributed by atoms with Gasteiger partial charge in [-0.2, -0.15) is 0 Å². The van der Waals surface area contributed by atoms with Crippen molar-refractivity contribution in [2.24, 2.45) is 11.3 Å². The number of carbonyl (C=O) groups is 1. The minimum absolute atomic E-state index is 0.161. The van der Waals surface area contributed by atoms with Gasteiger partial charge in [-0.05, 0) is 13.0 Å². The number of hydrogen-bond donors (Lipinski definition) is 1. The van der Waals surface area contributed by atoms with Gasteiger partial charge in [0.1, 0.15) is 12.0 Å². The minimum Gasteiger partial charge on any atom is -0.494 e. The molecule has 1 saturated carbocycles. The van der Waals surface area contributed by atoms with Gasteiger partial charge in [0.25, 0.3) is 0 Å². The number of carboxylic acids is 1. The summed E-state index contributed by atoms with van der Waals surface area (Å²) in [7, 11) is 0. The fourth-order valence-corrected chi connectivity index (χ4v) is 1.78. The van der Waals surface area contributed by atoms with Gasteiger partial charge in [0, 0.05) is 11.8 Å². The van der Waals surface area contributed by atoms with Crippen LogP contribution in [0.2, 0.25) is 0 Å². The third kappa shape index (κ3) is 1.76. The Balaban J connectivity index is 2.61. The number of aliphatic carboxylic acids is 1. The van der Waals surface area contributed by atoms with E-state index in [1.165, 1.54) is 0 Å². The Kier molecular flexibility index (Phi) is 2.88. The second-order valence-corrected chi connectivity index (χ2v) is 4.28. The normalized spacial score (nSPS) is 29.9. The van der Waals surface area contributed by atoms with Crippen LogP contribution in [0.3, 0.4) is 0 Å². The van der Waals surface area contributed by atoms with Crippen LogP contribution in [0.4, 0.5) is 0 Å². The maximum absolute atomic E-state index is 10.8. The fraction of sp³-hybridized carbons (Fsp3) is 0.727. The van der Waals surface area contributed by atoms with E-state index < -0.39 is 5.97 Å². The van der Waals surface area contributed by atoms with Crippen molar-refractivity contribution in [2.45, 2.75) is 40.2 Å². The summed E-state index contributed by atoms with van der Waals surface area (Å²) in [6.07, 6.45) is 2.55. The summed E-state index contributed by atoms with van der Waals surface area (Å²) in [5, 5.41) is 8.92. The average Bonchev–Trinajstić information content (AvgIpc) is 2.63. The van der Waals surface area contributed by atoms with Crippen molar-refractivity contribution < 1.29 is 14.6 Å². The molecule has 0 heterocycles. The molecule has 2 atom stereocenters. The molecule has 14 heavy (non-hydrogen) atoms. The van der Waals surface area contributed by atoms with Crippen molar-refractivity contribution in [2.75, 3.05) is 0 Å². The molecule has 3 heteroatoms. The highest BCUT2D eigenvalue weighted by Crippen LogP contribution is 2.55. The molecule has 2 unspecified atom stereocenters. The lowest BCUT2D eigenvalue weighted by molar-refractivity contribution is -0.139. The van der Waals surface area contributed by atoms with Gasteiger partial charge >= 0.3 is 5.97 Å². The topological polar surface area (TPSA) is 46.5 Å². The van der Waals surface area contributed by atoms with Crippen LogP contribution in [0.5, 0.6) is 0 Å². The van der Waals surface area contributed by atoms with E-state index in [9.17, 15) is 4.79 Å². The van der Waals surface area contributed by atoms with E-state index in [1.54, 1.807) is 0 Å². The molecule has 1 N–H and O–H groups in total. The smallest absolute Gasteiger partial charge is 0.310 e. The molecule has 0 aliphatic heterocycles. The first-order valence-corrected chi connectivity index (χ1v) is 4.99. The predicted octanol–water partition coefficient (Wildman–Crippen LogP) is 2.43. The van der Waals surface area contributed by atoms with Gasteiger partial charge in [-0.3, -0.25) is 4.79 Å².